The number of fused-ring (bicyclic) bond motifs is 23. The zero-order valence-corrected chi connectivity index (χ0v) is 21.9. The summed E-state index contributed by atoms with van der Waals surface area (Å²) in [5.41, 5.74) is 0.108. The van der Waals surface area contributed by atoms with Crippen molar-refractivity contribution in [2.75, 3.05) is 0 Å². The smallest absolute Gasteiger partial charge is 0.309 e. The molecule has 0 aromatic heterocycles. The van der Waals surface area contributed by atoms with Gasteiger partial charge >= 0.3 is 5.97 Å². The van der Waals surface area contributed by atoms with Gasteiger partial charge in [-0.2, -0.15) is 0 Å². The van der Waals surface area contributed by atoms with Crippen molar-refractivity contribution >= 4 is 5.97 Å². The predicted octanol–water partition coefficient (Wildman–Crippen LogP) is 6.27. The van der Waals surface area contributed by atoms with E-state index >= 15 is 0 Å². The van der Waals surface area contributed by atoms with Crippen molar-refractivity contribution in [3.05, 3.63) is 12.2 Å². The lowest BCUT2D eigenvalue weighted by Gasteiger charge is -2.59. The molecule has 0 aromatic carbocycles. The Labute approximate surface area is 211 Å². The van der Waals surface area contributed by atoms with E-state index in [1.54, 1.807) is 0 Å². The number of hydrogen-bond donors (Lipinski definition) is 0. The Bertz CT molecular complexity index is 987. The first-order valence-electron chi connectivity index (χ1n) is 15.4. The Hall–Kier alpha value is -0.830. The molecule has 7 aliphatic carbocycles. The van der Waals surface area contributed by atoms with Gasteiger partial charge in [0.15, 0.2) is 0 Å². The van der Waals surface area contributed by atoms with Gasteiger partial charge in [-0.05, 0) is 130 Å². The van der Waals surface area contributed by atoms with Crippen LogP contribution in [0.2, 0.25) is 0 Å². The standard InChI is InChI=1S/C32H44O3/c1-31(2,3)35-30(33)20-13-17-12-19(20)26-25(17)29-32(18-7-5-4-6-8-18)22-14-21(27(32)28(26)34-29)23-15-9-10-16(11-15)24(22)23/h9-10,15-29H,4-8,11-14H2,1-3H3. The van der Waals surface area contributed by atoms with Crippen LogP contribution in [0.5, 0.6) is 0 Å². The van der Waals surface area contributed by atoms with E-state index in [1.165, 1.54) is 51.4 Å². The molecule has 6 saturated carbocycles. The van der Waals surface area contributed by atoms with Crippen LogP contribution in [0.25, 0.3) is 0 Å². The molecule has 15 unspecified atom stereocenters. The molecule has 9 aliphatic rings. The van der Waals surface area contributed by atoms with E-state index in [2.05, 4.69) is 12.2 Å². The summed E-state index contributed by atoms with van der Waals surface area (Å²) in [6.07, 6.45) is 18.8. The zero-order valence-electron chi connectivity index (χ0n) is 21.9. The second-order valence-electron chi connectivity index (χ2n) is 15.7. The molecule has 2 aliphatic heterocycles. The number of hydrogen-bond acceptors (Lipinski definition) is 3. The first kappa shape index (κ1) is 21.1. The highest BCUT2D eigenvalue weighted by Gasteiger charge is 2.83. The minimum atomic E-state index is -0.380. The third-order valence-electron chi connectivity index (χ3n) is 13.8. The van der Waals surface area contributed by atoms with Crippen LogP contribution in [-0.2, 0) is 14.3 Å². The van der Waals surface area contributed by atoms with E-state index in [0.29, 0.717) is 35.4 Å². The molecule has 190 valence electrons. The molecular weight excluding hydrogens is 432 g/mol. The molecule has 0 amide bonds. The van der Waals surface area contributed by atoms with Gasteiger partial charge in [-0.1, -0.05) is 31.4 Å². The molecule has 0 radical (unpaired) electrons. The maximum atomic E-state index is 13.3. The summed E-state index contributed by atoms with van der Waals surface area (Å²) < 4.78 is 13.3. The quantitative estimate of drug-likeness (QED) is 0.268. The minimum absolute atomic E-state index is 0.0935. The first-order chi connectivity index (χ1) is 16.9. The summed E-state index contributed by atoms with van der Waals surface area (Å²) >= 11 is 0. The van der Waals surface area contributed by atoms with Crippen LogP contribution in [0, 0.1) is 82.3 Å². The van der Waals surface area contributed by atoms with E-state index in [4.69, 9.17) is 9.47 Å². The number of ether oxygens (including phenoxy) is 2. The Kier molecular flexibility index (Phi) is 3.98. The van der Waals surface area contributed by atoms with Gasteiger partial charge in [0, 0.05) is 5.41 Å². The van der Waals surface area contributed by atoms with Crippen molar-refractivity contribution in [3.63, 3.8) is 0 Å². The molecule has 0 aromatic rings. The molecule has 8 bridgehead atoms. The summed E-state index contributed by atoms with van der Waals surface area (Å²) in [6.45, 7) is 6.07. The minimum Gasteiger partial charge on any atom is -0.460 e. The normalized spacial score (nSPS) is 60.4. The predicted molar refractivity (Wildman–Crippen MR) is 133 cm³/mol. The lowest BCUT2D eigenvalue weighted by molar-refractivity contribution is -0.165. The van der Waals surface area contributed by atoms with Crippen molar-refractivity contribution in [2.24, 2.45) is 82.3 Å². The van der Waals surface area contributed by atoms with E-state index in [0.717, 1.165) is 59.7 Å². The summed E-state index contributed by atoms with van der Waals surface area (Å²) in [6, 6.07) is 0. The van der Waals surface area contributed by atoms with Gasteiger partial charge in [0.25, 0.3) is 0 Å². The summed E-state index contributed by atoms with van der Waals surface area (Å²) in [7, 11) is 0. The molecule has 2 saturated heterocycles. The molecule has 3 heteroatoms. The van der Waals surface area contributed by atoms with Gasteiger partial charge in [0.1, 0.15) is 5.60 Å². The van der Waals surface area contributed by atoms with Crippen LogP contribution in [0.3, 0.4) is 0 Å². The summed E-state index contributed by atoms with van der Waals surface area (Å²) in [4.78, 5) is 13.3. The van der Waals surface area contributed by atoms with Crippen LogP contribution in [0.4, 0.5) is 0 Å². The van der Waals surface area contributed by atoms with E-state index in [9.17, 15) is 4.79 Å². The van der Waals surface area contributed by atoms with Crippen LogP contribution >= 0.6 is 0 Å². The molecule has 35 heavy (non-hydrogen) atoms. The second kappa shape index (κ2) is 6.59. The number of esters is 1. The lowest BCUT2D eigenvalue weighted by Crippen LogP contribution is -2.60. The molecule has 0 N–H and O–H groups in total. The van der Waals surface area contributed by atoms with Crippen molar-refractivity contribution in [1.82, 2.24) is 0 Å². The van der Waals surface area contributed by atoms with Gasteiger partial charge in [-0.15, -0.1) is 0 Å². The Morgan fingerprint density at radius 2 is 1.66 bits per heavy atom. The van der Waals surface area contributed by atoms with Crippen molar-refractivity contribution in [3.8, 4) is 0 Å². The SMILES string of the molecule is CC(C)(C)OC(=O)C1CC2CC1C1C3OC(C21)C1(C2CCCCC2)C2CC(C4C5C=CC(C5)C42)C31. The summed E-state index contributed by atoms with van der Waals surface area (Å²) in [5.74, 6) is 10.1. The van der Waals surface area contributed by atoms with Crippen molar-refractivity contribution < 1.29 is 14.3 Å². The lowest BCUT2D eigenvalue weighted by atomic mass is 9.43. The van der Waals surface area contributed by atoms with Crippen molar-refractivity contribution in [2.45, 2.75) is 96.4 Å². The van der Waals surface area contributed by atoms with Crippen molar-refractivity contribution in [1.29, 1.82) is 0 Å². The molecular formula is C32H44O3. The highest BCUT2D eigenvalue weighted by molar-refractivity contribution is 5.74. The van der Waals surface area contributed by atoms with Gasteiger partial charge in [-0.3, -0.25) is 4.79 Å². The van der Waals surface area contributed by atoms with Gasteiger partial charge < -0.3 is 9.47 Å². The molecule has 15 atom stereocenters. The van der Waals surface area contributed by atoms with E-state index < -0.39 is 0 Å². The largest absolute Gasteiger partial charge is 0.460 e. The topological polar surface area (TPSA) is 35.5 Å². The molecule has 9 rings (SSSR count). The highest BCUT2D eigenvalue weighted by atomic mass is 16.6. The molecule has 2 heterocycles. The van der Waals surface area contributed by atoms with Crippen LogP contribution < -0.4 is 0 Å². The monoisotopic (exact) mass is 476 g/mol. The second-order valence-corrected chi connectivity index (χ2v) is 15.7. The molecule has 8 fully saturated rings. The average molecular weight is 477 g/mol. The molecule has 0 spiro atoms. The zero-order chi connectivity index (χ0) is 23.4. The van der Waals surface area contributed by atoms with Crippen LogP contribution in [0.15, 0.2) is 12.2 Å². The first-order valence-corrected chi connectivity index (χ1v) is 15.4. The van der Waals surface area contributed by atoms with E-state index in [1.807, 2.05) is 20.8 Å². The van der Waals surface area contributed by atoms with Crippen LogP contribution in [0.1, 0.15) is 78.6 Å². The third-order valence-corrected chi connectivity index (χ3v) is 13.8. The fourth-order valence-corrected chi connectivity index (χ4v) is 13.7. The number of rotatable bonds is 2. The number of allylic oxidation sites excluding steroid dienone is 2. The fraction of sp³-hybridized carbons (Fsp3) is 0.906. The van der Waals surface area contributed by atoms with Gasteiger partial charge in [0.2, 0.25) is 0 Å². The third kappa shape index (κ3) is 2.35. The Morgan fingerprint density at radius 1 is 0.886 bits per heavy atom. The number of carbonyl (C=O) groups excluding carboxylic acids is 1. The van der Waals surface area contributed by atoms with Gasteiger partial charge in [-0.25, -0.2) is 0 Å². The maximum absolute atomic E-state index is 13.3. The van der Waals surface area contributed by atoms with Gasteiger partial charge in [0.05, 0.1) is 18.1 Å². The molecule has 3 nitrogen and oxygen atoms in total. The van der Waals surface area contributed by atoms with Crippen LogP contribution in [-0.4, -0.2) is 23.8 Å². The Balaban J connectivity index is 1.11. The van der Waals surface area contributed by atoms with E-state index in [-0.39, 0.29) is 17.5 Å². The number of carbonyl (C=O) groups is 1. The Morgan fingerprint density at radius 3 is 2.43 bits per heavy atom. The highest BCUT2D eigenvalue weighted by Crippen LogP contribution is 2.84. The maximum Gasteiger partial charge on any atom is 0.309 e. The summed E-state index contributed by atoms with van der Waals surface area (Å²) in [5, 5.41) is 0. The fourth-order valence-electron chi connectivity index (χ4n) is 13.7. The average Bonchev–Trinajstić information content (AvgIpc) is 3.67.